The van der Waals surface area contributed by atoms with Gasteiger partial charge in [0.1, 0.15) is 11.4 Å². The van der Waals surface area contributed by atoms with Gasteiger partial charge in [0.25, 0.3) is 0 Å². The molecule has 4 nitrogen and oxygen atoms in total. The molecule has 8 aromatic rings. The smallest absolute Gasteiger partial charge is 0.145 e. The summed E-state index contributed by atoms with van der Waals surface area (Å²) >= 11 is 0. The molecular weight excluding hydrogens is 454 g/mol. The third kappa shape index (κ3) is 2.93. The summed E-state index contributed by atoms with van der Waals surface area (Å²) in [5.74, 6) is 0.920. The summed E-state index contributed by atoms with van der Waals surface area (Å²) in [5, 5.41) is 3.43. The van der Waals surface area contributed by atoms with Gasteiger partial charge in [-0.25, -0.2) is 4.98 Å². The number of hydrogen-bond acceptors (Lipinski definition) is 2. The lowest BCUT2D eigenvalue weighted by Crippen LogP contribution is -1.99. The molecule has 3 heterocycles. The Morgan fingerprint density at radius 2 is 1.35 bits per heavy atom. The fourth-order valence-corrected chi connectivity index (χ4v) is 5.60. The van der Waals surface area contributed by atoms with Gasteiger partial charge in [-0.1, -0.05) is 60.7 Å². The largest absolute Gasteiger partial charge is 0.464 e. The summed E-state index contributed by atoms with van der Waals surface area (Å²) in [6.45, 7) is 0. The van der Waals surface area contributed by atoms with Gasteiger partial charge in [-0.3, -0.25) is 4.57 Å². The first-order valence-corrected chi connectivity index (χ1v) is 12.4. The molecule has 4 heteroatoms. The Balaban J connectivity index is 1.41. The summed E-state index contributed by atoms with van der Waals surface area (Å²) in [7, 11) is 0. The summed E-state index contributed by atoms with van der Waals surface area (Å²) in [5.41, 5.74) is 8.49. The number of nitrogens with zero attached hydrogens (tertiary/aromatic N) is 3. The van der Waals surface area contributed by atoms with Crippen molar-refractivity contribution in [2.24, 2.45) is 0 Å². The van der Waals surface area contributed by atoms with E-state index in [1.807, 2.05) is 18.2 Å². The van der Waals surface area contributed by atoms with E-state index in [9.17, 15) is 0 Å². The lowest BCUT2D eigenvalue weighted by molar-refractivity contribution is 0.619. The molecule has 0 saturated carbocycles. The standard InChI is InChI=1S/C33H21N3O/c1-2-10-24(11-3-1)36-29-16-7-5-14-27(29)34-33(36)23-9-8-12-25(21-23)35-28-15-6-4-13-26(28)31-30(35)18-17-22-19-20-37-32(22)31/h1-21H. The zero-order valence-corrected chi connectivity index (χ0v) is 19.9. The van der Waals surface area contributed by atoms with E-state index in [-0.39, 0.29) is 0 Å². The van der Waals surface area contributed by atoms with Gasteiger partial charge in [0.05, 0.1) is 33.7 Å². The Bertz CT molecular complexity index is 2090. The van der Waals surface area contributed by atoms with Crippen molar-refractivity contribution in [2.45, 2.75) is 0 Å². The van der Waals surface area contributed by atoms with Crippen LogP contribution in [-0.2, 0) is 0 Å². The van der Waals surface area contributed by atoms with Gasteiger partial charge in [0, 0.05) is 27.7 Å². The molecule has 8 rings (SSSR count). The fraction of sp³-hybridized carbons (Fsp3) is 0. The lowest BCUT2D eigenvalue weighted by atomic mass is 10.1. The molecule has 0 unspecified atom stereocenters. The maximum atomic E-state index is 5.95. The van der Waals surface area contributed by atoms with E-state index in [1.54, 1.807) is 6.26 Å². The molecule has 0 bridgehead atoms. The van der Waals surface area contributed by atoms with E-state index in [4.69, 9.17) is 9.40 Å². The minimum Gasteiger partial charge on any atom is -0.464 e. The maximum absolute atomic E-state index is 5.95. The van der Waals surface area contributed by atoms with E-state index < -0.39 is 0 Å². The zero-order chi connectivity index (χ0) is 24.3. The average Bonchev–Trinajstić information content (AvgIpc) is 3.67. The van der Waals surface area contributed by atoms with E-state index >= 15 is 0 Å². The number of furan rings is 1. The van der Waals surface area contributed by atoms with Crippen LogP contribution in [0.3, 0.4) is 0 Å². The van der Waals surface area contributed by atoms with Gasteiger partial charge < -0.3 is 8.98 Å². The van der Waals surface area contributed by atoms with Gasteiger partial charge >= 0.3 is 0 Å². The van der Waals surface area contributed by atoms with Crippen LogP contribution in [0.15, 0.2) is 132 Å². The van der Waals surface area contributed by atoms with Crippen LogP contribution in [0.2, 0.25) is 0 Å². The van der Waals surface area contributed by atoms with Crippen molar-refractivity contribution in [1.82, 2.24) is 14.1 Å². The molecule has 0 aliphatic carbocycles. The predicted molar refractivity (Wildman–Crippen MR) is 151 cm³/mol. The molecule has 0 amide bonds. The number of hydrogen-bond donors (Lipinski definition) is 0. The second kappa shape index (κ2) is 7.70. The van der Waals surface area contributed by atoms with E-state index in [0.29, 0.717) is 0 Å². The van der Waals surface area contributed by atoms with Crippen LogP contribution in [0.5, 0.6) is 0 Å². The molecule has 0 saturated heterocycles. The first kappa shape index (κ1) is 20.1. The summed E-state index contributed by atoms with van der Waals surface area (Å²) in [4.78, 5) is 5.08. The van der Waals surface area contributed by atoms with Crippen LogP contribution >= 0.6 is 0 Å². The van der Waals surface area contributed by atoms with Crippen molar-refractivity contribution in [3.8, 4) is 22.8 Å². The Morgan fingerprint density at radius 3 is 2.27 bits per heavy atom. The van der Waals surface area contributed by atoms with Gasteiger partial charge in [0.2, 0.25) is 0 Å². The van der Waals surface area contributed by atoms with Crippen LogP contribution in [0, 0.1) is 0 Å². The summed E-state index contributed by atoms with van der Waals surface area (Å²) in [6, 6.07) is 42.3. The molecule has 5 aromatic carbocycles. The molecular formula is C33H21N3O. The monoisotopic (exact) mass is 475 g/mol. The molecule has 0 aliphatic rings. The van der Waals surface area contributed by atoms with Crippen molar-refractivity contribution in [3.05, 3.63) is 128 Å². The number of rotatable bonds is 3. The highest BCUT2D eigenvalue weighted by Gasteiger charge is 2.18. The molecule has 0 atom stereocenters. The van der Waals surface area contributed by atoms with E-state index in [0.717, 1.165) is 61.2 Å². The molecule has 0 spiro atoms. The number of aromatic nitrogens is 3. The van der Waals surface area contributed by atoms with Crippen molar-refractivity contribution in [1.29, 1.82) is 0 Å². The number of benzene rings is 5. The highest BCUT2D eigenvalue weighted by molar-refractivity contribution is 6.19. The first-order valence-electron chi connectivity index (χ1n) is 12.4. The second-order valence-electron chi connectivity index (χ2n) is 9.30. The normalized spacial score (nSPS) is 11.8. The van der Waals surface area contributed by atoms with E-state index in [1.165, 1.54) is 5.39 Å². The number of imidazole rings is 1. The highest BCUT2D eigenvalue weighted by Crippen LogP contribution is 2.38. The van der Waals surface area contributed by atoms with Crippen molar-refractivity contribution >= 4 is 43.8 Å². The molecule has 3 aromatic heterocycles. The summed E-state index contributed by atoms with van der Waals surface area (Å²) < 4.78 is 10.5. The fourth-order valence-electron chi connectivity index (χ4n) is 5.60. The SMILES string of the molecule is c1ccc(-n2c(-c3cccc(-n4c5ccccc5c5c6occc6ccc54)c3)nc3ccccc32)cc1. The minimum absolute atomic E-state index is 0.920. The number of fused-ring (bicyclic) bond motifs is 6. The maximum Gasteiger partial charge on any atom is 0.145 e. The van der Waals surface area contributed by atoms with Crippen LogP contribution in [-0.4, -0.2) is 14.1 Å². The molecule has 0 aliphatic heterocycles. The van der Waals surface area contributed by atoms with Crippen LogP contribution in [0.1, 0.15) is 0 Å². The predicted octanol–water partition coefficient (Wildman–Crippen LogP) is 8.54. The zero-order valence-electron chi connectivity index (χ0n) is 19.9. The third-order valence-corrected chi connectivity index (χ3v) is 7.19. The van der Waals surface area contributed by atoms with Crippen molar-refractivity contribution in [3.63, 3.8) is 0 Å². The van der Waals surface area contributed by atoms with Crippen molar-refractivity contribution < 1.29 is 4.42 Å². The molecule has 0 radical (unpaired) electrons. The second-order valence-corrected chi connectivity index (χ2v) is 9.30. The van der Waals surface area contributed by atoms with Gasteiger partial charge in [-0.15, -0.1) is 0 Å². The van der Waals surface area contributed by atoms with Crippen molar-refractivity contribution in [2.75, 3.05) is 0 Å². The van der Waals surface area contributed by atoms with Crippen LogP contribution in [0.25, 0.3) is 66.6 Å². The van der Waals surface area contributed by atoms with Gasteiger partial charge in [0.15, 0.2) is 0 Å². The molecule has 37 heavy (non-hydrogen) atoms. The quantitative estimate of drug-likeness (QED) is 0.257. The molecule has 0 N–H and O–H groups in total. The Morgan fingerprint density at radius 1 is 0.568 bits per heavy atom. The van der Waals surface area contributed by atoms with E-state index in [2.05, 4.69) is 112 Å². The third-order valence-electron chi connectivity index (χ3n) is 7.19. The lowest BCUT2D eigenvalue weighted by Gasteiger charge is -2.12. The Kier molecular flexibility index (Phi) is 4.19. The molecule has 0 fully saturated rings. The Hall–Kier alpha value is -5.09. The molecule has 174 valence electrons. The highest BCUT2D eigenvalue weighted by atomic mass is 16.3. The number of para-hydroxylation sites is 4. The first-order chi connectivity index (χ1) is 18.4. The van der Waals surface area contributed by atoms with Crippen LogP contribution < -0.4 is 0 Å². The average molecular weight is 476 g/mol. The summed E-state index contributed by atoms with van der Waals surface area (Å²) in [6.07, 6.45) is 1.77. The van der Waals surface area contributed by atoms with Gasteiger partial charge in [-0.2, -0.15) is 0 Å². The topological polar surface area (TPSA) is 35.9 Å². The van der Waals surface area contributed by atoms with Crippen LogP contribution in [0.4, 0.5) is 0 Å². The van der Waals surface area contributed by atoms with Gasteiger partial charge in [-0.05, 0) is 60.7 Å². The Labute approximate surface area is 212 Å². The minimum atomic E-state index is 0.920.